The molecule has 0 radical (unpaired) electrons. The number of hydrogen-bond donors (Lipinski definition) is 1. The monoisotopic (exact) mass is 263 g/mol. The van der Waals surface area contributed by atoms with E-state index in [0.29, 0.717) is 6.04 Å². The SMILES string of the molecule is COc1ccc(N2CCCC(N(C)CCN)C2)cc1. The van der Waals surface area contributed by atoms with Gasteiger partial charge in [-0.15, -0.1) is 0 Å². The molecule has 1 aromatic rings. The van der Waals surface area contributed by atoms with E-state index in [1.165, 1.54) is 18.5 Å². The maximum atomic E-state index is 5.64. The predicted octanol–water partition coefficient (Wildman–Crippen LogP) is 1.55. The lowest BCUT2D eigenvalue weighted by atomic mass is 10.0. The van der Waals surface area contributed by atoms with Gasteiger partial charge in [0, 0.05) is 37.9 Å². The van der Waals surface area contributed by atoms with Crippen molar-refractivity contribution in [1.29, 1.82) is 0 Å². The number of methoxy groups -OCH3 is 1. The third-order valence-electron chi connectivity index (χ3n) is 3.94. The molecule has 4 heteroatoms. The average Bonchev–Trinajstić information content (AvgIpc) is 2.48. The average molecular weight is 263 g/mol. The molecule has 0 saturated carbocycles. The van der Waals surface area contributed by atoms with Crippen LogP contribution < -0.4 is 15.4 Å². The second-order valence-electron chi connectivity index (χ2n) is 5.21. The van der Waals surface area contributed by atoms with Gasteiger partial charge in [-0.2, -0.15) is 0 Å². The highest BCUT2D eigenvalue weighted by Gasteiger charge is 2.22. The van der Waals surface area contributed by atoms with Crippen LogP contribution in [0.15, 0.2) is 24.3 Å². The summed E-state index contributed by atoms with van der Waals surface area (Å²) >= 11 is 0. The normalized spacial score (nSPS) is 19.8. The smallest absolute Gasteiger partial charge is 0.119 e. The molecule has 1 aromatic carbocycles. The molecule has 2 rings (SSSR count). The zero-order chi connectivity index (χ0) is 13.7. The predicted molar refractivity (Wildman–Crippen MR) is 79.9 cm³/mol. The van der Waals surface area contributed by atoms with Crippen molar-refractivity contribution in [1.82, 2.24) is 4.90 Å². The summed E-state index contributed by atoms with van der Waals surface area (Å²) in [6.45, 7) is 3.93. The Kier molecular flexibility index (Phi) is 5.05. The van der Waals surface area contributed by atoms with Gasteiger partial charge in [-0.3, -0.25) is 0 Å². The van der Waals surface area contributed by atoms with Crippen molar-refractivity contribution in [2.75, 3.05) is 45.2 Å². The topological polar surface area (TPSA) is 41.7 Å². The first-order valence-corrected chi connectivity index (χ1v) is 7.04. The molecule has 1 saturated heterocycles. The number of nitrogens with two attached hydrogens (primary N) is 1. The van der Waals surface area contributed by atoms with E-state index in [-0.39, 0.29) is 0 Å². The summed E-state index contributed by atoms with van der Waals surface area (Å²) in [6, 6.07) is 8.96. The third-order valence-corrected chi connectivity index (χ3v) is 3.94. The minimum atomic E-state index is 0.611. The summed E-state index contributed by atoms with van der Waals surface area (Å²) in [5.74, 6) is 0.914. The molecule has 1 heterocycles. The Morgan fingerprint density at radius 2 is 2.11 bits per heavy atom. The van der Waals surface area contributed by atoms with Crippen molar-refractivity contribution < 1.29 is 4.74 Å². The Balaban J connectivity index is 1.99. The highest BCUT2D eigenvalue weighted by atomic mass is 16.5. The van der Waals surface area contributed by atoms with E-state index in [1.807, 2.05) is 12.1 Å². The minimum Gasteiger partial charge on any atom is -0.497 e. The largest absolute Gasteiger partial charge is 0.497 e. The first-order valence-electron chi connectivity index (χ1n) is 7.04. The summed E-state index contributed by atoms with van der Waals surface area (Å²) in [5.41, 5.74) is 6.93. The first kappa shape index (κ1) is 14.2. The van der Waals surface area contributed by atoms with E-state index in [9.17, 15) is 0 Å². The van der Waals surface area contributed by atoms with Crippen LogP contribution in [0.1, 0.15) is 12.8 Å². The van der Waals surface area contributed by atoms with Gasteiger partial charge in [0.25, 0.3) is 0 Å². The lowest BCUT2D eigenvalue weighted by Crippen LogP contribution is -2.47. The van der Waals surface area contributed by atoms with Crippen molar-refractivity contribution in [3.8, 4) is 5.75 Å². The Hall–Kier alpha value is -1.26. The van der Waals surface area contributed by atoms with Crippen LogP contribution >= 0.6 is 0 Å². The lowest BCUT2D eigenvalue weighted by Gasteiger charge is -2.38. The number of hydrogen-bond acceptors (Lipinski definition) is 4. The fourth-order valence-electron chi connectivity index (χ4n) is 2.73. The quantitative estimate of drug-likeness (QED) is 0.875. The van der Waals surface area contributed by atoms with Crippen molar-refractivity contribution >= 4 is 5.69 Å². The first-order chi connectivity index (χ1) is 9.24. The van der Waals surface area contributed by atoms with Crippen molar-refractivity contribution in [2.24, 2.45) is 5.73 Å². The molecule has 1 unspecified atom stereocenters. The van der Waals surface area contributed by atoms with E-state index in [1.54, 1.807) is 7.11 Å². The number of benzene rings is 1. The second-order valence-corrected chi connectivity index (χ2v) is 5.21. The van der Waals surface area contributed by atoms with E-state index >= 15 is 0 Å². The molecule has 2 N–H and O–H groups in total. The molecule has 1 aliphatic heterocycles. The number of ether oxygens (including phenoxy) is 1. The highest BCUT2D eigenvalue weighted by Crippen LogP contribution is 2.24. The molecule has 0 bridgehead atoms. The van der Waals surface area contributed by atoms with Gasteiger partial charge in [0.2, 0.25) is 0 Å². The number of anilines is 1. The van der Waals surface area contributed by atoms with E-state index in [0.717, 1.165) is 31.9 Å². The van der Waals surface area contributed by atoms with Crippen LogP contribution in [-0.4, -0.2) is 51.3 Å². The van der Waals surface area contributed by atoms with Gasteiger partial charge in [-0.25, -0.2) is 0 Å². The molecule has 106 valence electrons. The van der Waals surface area contributed by atoms with Crippen LogP contribution in [-0.2, 0) is 0 Å². The van der Waals surface area contributed by atoms with E-state index in [2.05, 4.69) is 29.0 Å². The van der Waals surface area contributed by atoms with Crippen LogP contribution in [0.3, 0.4) is 0 Å². The standard InChI is InChI=1S/C15H25N3O/c1-17(11-9-16)14-4-3-10-18(12-14)13-5-7-15(19-2)8-6-13/h5-8,14H,3-4,9-12,16H2,1-2H3. The summed E-state index contributed by atoms with van der Waals surface area (Å²) < 4.78 is 5.21. The van der Waals surface area contributed by atoms with Gasteiger partial charge in [0.15, 0.2) is 0 Å². The van der Waals surface area contributed by atoms with Gasteiger partial charge in [0.05, 0.1) is 7.11 Å². The van der Waals surface area contributed by atoms with Gasteiger partial charge in [-0.05, 0) is 44.2 Å². The summed E-state index contributed by atoms with van der Waals surface area (Å²) in [6.07, 6.45) is 2.51. The van der Waals surface area contributed by atoms with Gasteiger partial charge in [0.1, 0.15) is 5.75 Å². The molecule has 0 aromatic heterocycles. The van der Waals surface area contributed by atoms with Crippen LogP contribution in [0, 0.1) is 0 Å². The zero-order valence-electron chi connectivity index (χ0n) is 12.0. The third kappa shape index (κ3) is 3.61. The van der Waals surface area contributed by atoms with Crippen molar-refractivity contribution in [3.05, 3.63) is 24.3 Å². The molecule has 1 atom stereocenters. The lowest BCUT2D eigenvalue weighted by molar-refractivity contribution is 0.221. The number of likely N-dealkylation sites (N-methyl/N-ethyl adjacent to an activating group) is 1. The van der Waals surface area contributed by atoms with Gasteiger partial charge >= 0.3 is 0 Å². The summed E-state index contributed by atoms with van der Waals surface area (Å²) in [5, 5.41) is 0. The Morgan fingerprint density at radius 3 is 2.74 bits per heavy atom. The Bertz CT molecular complexity index is 379. The fraction of sp³-hybridized carbons (Fsp3) is 0.600. The van der Waals surface area contributed by atoms with Crippen LogP contribution in [0.4, 0.5) is 5.69 Å². The van der Waals surface area contributed by atoms with E-state index < -0.39 is 0 Å². The molecular weight excluding hydrogens is 238 g/mol. The Labute approximate surface area is 116 Å². The summed E-state index contributed by atoms with van der Waals surface area (Å²) in [4.78, 5) is 4.84. The van der Waals surface area contributed by atoms with E-state index in [4.69, 9.17) is 10.5 Å². The van der Waals surface area contributed by atoms with Gasteiger partial charge < -0.3 is 20.3 Å². The molecule has 4 nitrogen and oxygen atoms in total. The van der Waals surface area contributed by atoms with Crippen LogP contribution in [0.25, 0.3) is 0 Å². The van der Waals surface area contributed by atoms with Crippen molar-refractivity contribution in [3.63, 3.8) is 0 Å². The van der Waals surface area contributed by atoms with Crippen molar-refractivity contribution in [2.45, 2.75) is 18.9 Å². The molecule has 0 aliphatic carbocycles. The highest BCUT2D eigenvalue weighted by molar-refractivity contribution is 5.49. The van der Waals surface area contributed by atoms with Gasteiger partial charge in [-0.1, -0.05) is 0 Å². The number of piperidine rings is 1. The number of rotatable bonds is 5. The zero-order valence-corrected chi connectivity index (χ0v) is 12.0. The fourth-order valence-corrected chi connectivity index (χ4v) is 2.73. The maximum Gasteiger partial charge on any atom is 0.119 e. The molecule has 1 aliphatic rings. The van der Waals surface area contributed by atoms with Crippen LogP contribution in [0.2, 0.25) is 0 Å². The number of nitrogens with zero attached hydrogens (tertiary/aromatic N) is 2. The molecule has 19 heavy (non-hydrogen) atoms. The Morgan fingerprint density at radius 1 is 1.37 bits per heavy atom. The summed E-state index contributed by atoms with van der Waals surface area (Å²) in [7, 11) is 3.88. The van der Waals surface area contributed by atoms with Crippen LogP contribution in [0.5, 0.6) is 5.75 Å². The minimum absolute atomic E-state index is 0.611. The maximum absolute atomic E-state index is 5.64. The molecule has 0 amide bonds. The molecule has 0 spiro atoms. The molecule has 1 fully saturated rings. The second kappa shape index (κ2) is 6.78. The molecular formula is C15H25N3O.